The van der Waals surface area contributed by atoms with Gasteiger partial charge in [0.25, 0.3) is 0 Å². The molecule has 0 saturated carbocycles. The van der Waals surface area contributed by atoms with Crippen LogP contribution in [-0.4, -0.2) is 33.8 Å². The van der Waals surface area contributed by atoms with Crippen molar-refractivity contribution in [3.63, 3.8) is 0 Å². The lowest BCUT2D eigenvalue weighted by atomic mass is 9.81. The molecule has 4 heteroatoms. The van der Waals surface area contributed by atoms with Crippen molar-refractivity contribution in [1.82, 2.24) is 0 Å². The molecule has 20 heavy (non-hydrogen) atoms. The summed E-state index contributed by atoms with van der Waals surface area (Å²) in [4.78, 5) is 12.2. The molecule has 1 aliphatic carbocycles. The van der Waals surface area contributed by atoms with Crippen LogP contribution < -0.4 is 0 Å². The number of hydrogen-bond donors (Lipinski definition) is 2. The molecule has 1 heterocycles. The Labute approximate surface area is 119 Å². The van der Waals surface area contributed by atoms with E-state index in [0.717, 1.165) is 5.57 Å². The molecule has 0 aromatic rings. The molecular weight excluding hydrogens is 256 g/mol. The van der Waals surface area contributed by atoms with Crippen molar-refractivity contribution < 1.29 is 19.7 Å². The number of carbonyl (C=O) groups is 1. The molecule has 0 bridgehead atoms. The Kier molecular flexibility index (Phi) is 3.89. The quantitative estimate of drug-likeness (QED) is 0.770. The molecule has 110 valence electrons. The number of Topliss-reactive ketones (excluding diaryl/α,β-unsaturated/α-hetero) is 1. The first kappa shape index (κ1) is 15.0. The smallest absolute Gasteiger partial charge is 0.166 e. The van der Waals surface area contributed by atoms with Gasteiger partial charge < -0.3 is 14.9 Å². The average Bonchev–Trinajstić information content (AvgIpc) is 2.30. The van der Waals surface area contributed by atoms with E-state index in [2.05, 4.69) is 0 Å². The van der Waals surface area contributed by atoms with Gasteiger partial charge in [-0.15, -0.1) is 0 Å². The van der Waals surface area contributed by atoms with E-state index in [1.54, 1.807) is 6.08 Å². The summed E-state index contributed by atoms with van der Waals surface area (Å²) in [5, 5.41) is 20.1. The molecule has 0 fully saturated rings. The van der Waals surface area contributed by atoms with Gasteiger partial charge in [0.15, 0.2) is 5.78 Å². The van der Waals surface area contributed by atoms with Gasteiger partial charge in [0.1, 0.15) is 17.5 Å². The predicted molar refractivity (Wildman–Crippen MR) is 76.0 cm³/mol. The Morgan fingerprint density at radius 1 is 1.35 bits per heavy atom. The molecule has 2 rings (SSSR count). The number of carbonyl (C=O) groups excluding carboxylic acids is 1. The van der Waals surface area contributed by atoms with E-state index in [1.165, 1.54) is 0 Å². The summed E-state index contributed by atoms with van der Waals surface area (Å²) in [6, 6.07) is 0. The molecule has 2 aliphatic rings. The van der Waals surface area contributed by atoms with Crippen LogP contribution in [0.1, 0.15) is 40.5 Å². The molecule has 4 nitrogen and oxygen atoms in total. The summed E-state index contributed by atoms with van der Waals surface area (Å²) in [7, 11) is 0. The summed E-state index contributed by atoms with van der Waals surface area (Å²) in [6.07, 6.45) is 2.04. The van der Waals surface area contributed by atoms with Crippen LogP contribution in [0.15, 0.2) is 34.6 Å². The maximum atomic E-state index is 12.2. The Morgan fingerprint density at radius 3 is 2.60 bits per heavy atom. The monoisotopic (exact) mass is 278 g/mol. The fourth-order valence-corrected chi connectivity index (χ4v) is 2.53. The van der Waals surface area contributed by atoms with Gasteiger partial charge in [0, 0.05) is 17.6 Å². The first-order chi connectivity index (χ1) is 9.21. The van der Waals surface area contributed by atoms with Crippen molar-refractivity contribution in [3.05, 3.63) is 34.6 Å². The summed E-state index contributed by atoms with van der Waals surface area (Å²) in [5.74, 6) is 0.437. The highest BCUT2D eigenvalue weighted by Gasteiger charge is 2.42. The zero-order valence-electron chi connectivity index (χ0n) is 12.4. The van der Waals surface area contributed by atoms with Crippen LogP contribution in [0.25, 0.3) is 0 Å². The molecule has 0 amide bonds. The number of ketones is 1. The van der Waals surface area contributed by atoms with Crippen molar-refractivity contribution in [3.8, 4) is 0 Å². The Morgan fingerprint density at radius 2 is 2.00 bits per heavy atom. The van der Waals surface area contributed by atoms with E-state index in [-0.39, 0.29) is 12.2 Å². The Bertz CT molecular complexity index is 519. The lowest BCUT2D eigenvalue weighted by molar-refractivity contribution is -0.124. The van der Waals surface area contributed by atoms with Crippen molar-refractivity contribution in [1.29, 1.82) is 0 Å². The van der Waals surface area contributed by atoms with E-state index in [1.807, 2.05) is 33.8 Å². The van der Waals surface area contributed by atoms with E-state index < -0.39 is 17.8 Å². The van der Waals surface area contributed by atoms with Crippen LogP contribution in [0.5, 0.6) is 0 Å². The summed E-state index contributed by atoms with van der Waals surface area (Å²) < 4.78 is 5.90. The van der Waals surface area contributed by atoms with E-state index in [9.17, 15) is 15.0 Å². The second-order valence-electron chi connectivity index (χ2n) is 6.35. The number of ether oxygens (including phenoxy) is 1. The van der Waals surface area contributed by atoms with Crippen molar-refractivity contribution >= 4 is 5.78 Å². The molecule has 0 unspecified atom stereocenters. The minimum absolute atomic E-state index is 0.00898. The number of hydrogen-bond acceptors (Lipinski definition) is 4. The molecule has 0 aromatic carbocycles. The van der Waals surface area contributed by atoms with Crippen molar-refractivity contribution in [2.24, 2.45) is 0 Å². The van der Waals surface area contributed by atoms with Crippen LogP contribution in [0.3, 0.4) is 0 Å². The third kappa shape index (κ3) is 2.86. The van der Waals surface area contributed by atoms with Crippen LogP contribution in [0, 0.1) is 0 Å². The van der Waals surface area contributed by atoms with Crippen LogP contribution >= 0.6 is 0 Å². The van der Waals surface area contributed by atoms with Crippen LogP contribution in [-0.2, 0) is 9.53 Å². The second-order valence-corrected chi connectivity index (χ2v) is 6.35. The first-order valence-corrected chi connectivity index (χ1v) is 6.88. The molecule has 1 aliphatic heterocycles. The van der Waals surface area contributed by atoms with Gasteiger partial charge in [0.05, 0.1) is 12.5 Å². The summed E-state index contributed by atoms with van der Waals surface area (Å²) >= 11 is 0. The fraction of sp³-hybridized carbons (Fsp3) is 0.562. The van der Waals surface area contributed by atoms with Gasteiger partial charge in [-0.05, 0) is 27.7 Å². The largest absolute Gasteiger partial charge is 0.487 e. The van der Waals surface area contributed by atoms with E-state index in [0.29, 0.717) is 23.3 Å². The van der Waals surface area contributed by atoms with Gasteiger partial charge >= 0.3 is 0 Å². The van der Waals surface area contributed by atoms with E-state index >= 15 is 0 Å². The first-order valence-electron chi connectivity index (χ1n) is 6.88. The number of allylic oxidation sites excluding steroid dienone is 3. The lowest BCUT2D eigenvalue weighted by Crippen LogP contribution is -2.42. The second kappa shape index (κ2) is 5.19. The molecule has 2 atom stereocenters. The SMILES string of the molecule is CC(C)=C/C=C1\C2=C(C[C@H](O)[C@@H]1O)C(=O)CC(C)(C)O2. The maximum Gasteiger partial charge on any atom is 0.166 e. The molecule has 0 spiro atoms. The zero-order chi connectivity index (χ0) is 15.1. The molecular formula is C16H22O4. The van der Waals surface area contributed by atoms with Gasteiger partial charge in [0.2, 0.25) is 0 Å². The average molecular weight is 278 g/mol. The molecule has 0 saturated heterocycles. The highest BCUT2D eigenvalue weighted by molar-refractivity contribution is 5.98. The molecule has 2 N–H and O–H groups in total. The molecule has 0 radical (unpaired) electrons. The zero-order valence-corrected chi connectivity index (χ0v) is 12.4. The highest BCUT2D eigenvalue weighted by Crippen LogP contribution is 2.40. The standard InChI is InChI=1S/C16H22O4/c1-9(2)5-6-10-14(19)12(17)7-11-13(18)8-16(3,4)20-15(10)11/h5-6,12,14,17,19H,7-8H2,1-4H3/b10-6-/t12-,14+/m0/s1. The van der Waals surface area contributed by atoms with Crippen molar-refractivity contribution in [2.75, 3.05) is 0 Å². The minimum atomic E-state index is -1.02. The molecule has 0 aromatic heterocycles. The van der Waals surface area contributed by atoms with E-state index in [4.69, 9.17) is 4.74 Å². The third-order valence-electron chi connectivity index (χ3n) is 3.53. The number of aliphatic hydroxyl groups is 2. The Balaban J connectivity index is 2.52. The number of rotatable bonds is 1. The van der Waals surface area contributed by atoms with Gasteiger partial charge in [-0.1, -0.05) is 17.7 Å². The number of aliphatic hydroxyl groups excluding tert-OH is 2. The van der Waals surface area contributed by atoms with Gasteiger partial charge in [-0.3, -0.25) is 4.79 Å². The van der Waals surface area contributed by atoms with Crippen molar-refractivity contribution in [2.45, 2.75) is 58.3 Å². The van der Waals surface area contributed by atoms with Crippen LogP contribution in [0.4, 0.5) is 0 Å². The third-order valence-corrected chi connectivity index (χ3v) is 3.53. The topological polar surface area (TPSA) is 66.8 Å². The minimum Gasteiger partial charge on any atom is -0.487 e. The highest BCUT2D eigenvalue weighted by atomic mass is 16.5. The Hall–Kier alpha value is -1.39. The van der Waals surface area contributed by atoms with Gasteiger partial charge in [-0.2, -0.15) is 0 Å². The summed E-state index contributed by atoms with van der Waals surface area (Å²) in [5.41, 5.74) is 1.46. The van der Waals surface area contributed by atoms with Gasteiger partial charge in [-0.25, -0.2) is 0 Å². The maximum absolute atomic E-state index is 12.2. The normalized spacial score (nSPS) is 30.9. The predicted octanol–water partition coefficient (Wildman–Crippen LogP) is 2.03. The van der Waals surface area contributed by atoms with Crippen LogP contribution in [0.2, 0.25) is 0 Å². The fourth-order valence-electron chi connectivity index (χ4n) is 2.53. The lowest BCUT2D eigenvalue weighted by Gasteiger charge is -2.39. The summed E-state index contributed by atoms with van der Waals surface area (Å²) in [6.45, 7) is 7.58.